The minimum absolute atomic E-state index is 0.644. The van der Waals surface area contributed by atoms with Gasteiger partial charge in [0.25, 0.3) is 0 Å². The third kappa shape index (κ3) is 4.26. The van der Waals surface area contributed by atoms with Gasteiger partial charge >= 0.3 is 0 Å². The zero-order chi connectivity index (χ0) is 13.5. The molecule has 0 fully saturated rings. The van der Waals surface area contributed by atoms with Gasteiger partial charge in [0, 0.05) is 11.4 Å². The Kier molecular flexibility index (Phi) is 5.24. The van der Waals surface area contributed by atoms with E-state index < -0.39 is 0 Å². The van der Waals surface area contributed by atoms with Crippen molar-refractivity contribution in [1.82, 2.24) is 5.32 Å². The normalized spacial score (nSPS) is 9.95. The van der Waals surface area contributed by atoms with Crippen molar-refractivity contribution in [3.8, 4) is 0 Å². The lowest BCUT2D eigenvalue weighted by molar-refractivity contribution is 0.925. The molecule has 0 unspecified atom stereocenters. The highest BCUT2D eigenvalue weighted by Gasteiger charge is 2.02. The van der Waals surface area contributed by atoms with E-state index in [1.807, 2.05) is 36.4 Å². The highest BCUT2D eigenvalue weighted by Crippen LogP contribution is 2.24. The first-order valence-corrected chi connectivity index (χ1v) is 7.64. The minimum atomic E-state index is 0.644. The molecule has 2 aromatic carbocycles. The Morgan fingerprint density at radius 3 is 2.47 bits per heavy atom. The van der Waals surface area contributed by atoms with Gasteiger partial charge in [-0.15, -0.1) is 11.8 Å². The van der Waals surface area contributed by atoms with Gasteiger partial charge in [-0.3, -0.25) is 0 Å². The van der Waals surface area contributed by atoms with E-state index in [1.165, 1.54) is 10.5 Å². The molecule has 19 heavy (non-hydrogen) atoms. The van der Waals surface area contributed by atoms with Crippen molar-refractivity contribution in [3.05, 3.63) is 60.2 Å². The first-order valence-electron chi connectivity index (χ1n) is 6.01. The van der Waals surface area contributed by atoms with Crippen LogP contribution in [0.5, 0.6) is 0 Å². The predicted octanol–water partition coefficient (Wildman–Crippen LogP) is 3.90. The predicted molar refractivity (Wildman–Crippen MR) is 87.7 cm³/mol. The molecular weight excluding hydrogens is 272 g/mol. The number of para-hydroxylation sites is 1. The Morgan fingerprint density at radius 1 is 1.05 bits per heavy atom. The van der Waals surface area contributed by atoms with E-state index in [9.17, 15) is 0 Å². The maximum Gasteiger partial charge on any atom is 0.171 e. The van der Waals surface area contributed by atoms with E-state index in [4.69, 9.17) is 12.2 Å². The van der Waals surface area contributed by atoms with Crippen molar-refractivity contribution in [2.45, 2.75) is 11.4 Å². The topological polar surface area (TPSA) is 24.1 Å². The third-order valence-corrected chi connectivity index (χ3v) is 3.69. The second-order valence-corrected chi connectivity index (χ2v) is 5.25. The fraction of sp³-hybridized carbons (Fsp3) is 0.133. The van der Waals surface area contributed by atoms with Gasteiger partial charge in [0.1, 0.15) is 0 Å². The maximum absolute atomic E-state index is 5.31. The first-order chi connectivity index (χ1) is 9.29. The minimum Gasteiger partial charge on any atom is -0.358 e. The number of anilines is 1. The van der Waals surface area contributed by atoms with E-state index in [2.05, 4.69) is 35.1 Å². The summed E-state index contributed by atoms with van der Waals surface area (Å²) < 4.78 is 0. The summed E-state index contributed by atoms with van der Waals surface area (Å²) in [6.07, 6.45) is 2.06. The van der Waals surface area contributed by atoms with Crippen LogP contribution >= 0.6 is 24.0 Å². The second kappa shape index (κ2) is 7.16. The Labute approximate surface area is 123 Å². The molecule has 0 radical (unpaired) electrons. The molecule has 4 heteroatoms. The molecule has 0 saturated carbocycles. The molecule has 0 saturated heterocycles. The van der Waals surface area contributed by atoms with E-state index >= 15 is 0 Å². The molecule has 2 rings (SSSR count). The highest BCUT2D eigenvalue weighted by atomic mass is 32.2. The molecule has 0 bridgehead atoms. The average molecular weight is 288 g/mol. The van der Waals surface area contributed by atoms with Gasteiger partial charge in [-0.2, -0.15) is 0 Å². The van der Waals surface area contributed by atoms with Gasteiger partial charge in [0.2, 0.25) is 0 Å². The van der Waals surface area contributed by atoms with Crippen LogP contribution in [0.1, 0.15) is 5.56 Å². The summed E-state index contributed by atoms with van der Waals surface area (Å²) in [4.78, 5) is 1.19. The van der Waals surface area contributed by atoms with Gasteiger partial charge in [-0.05, 0) is 36.2 Å². The Hall–Kier alpha value is -1.52. The summed E-state index contributed by atoms with van der Waals surface area (Å²) in [6.45, 7) is 0.730. The molecule has 0 aliphatic rings. The molecule has 0 amide bonds. The number of thiocarbonyl (C=S) groups is 1. The molecule has 0 aliphatic carbocycles. The van der Waals surface area contributed by atoms with Gasteiger partial charge in [-0.1, -0.05) is 42.5 Å². The zero-order valence-electron chi connectivity index (χ0n) is 10.7. The van der Waals surface area contributed by atoms with Gasteiger partial charge in [0.05, 0.1) is 5.69 Å². The Morgan fingerprint density at radius 2 is 1.74 bits per heavy atom. The smallest absolute Gasteiger partial charge is 0.171 e. The summed E-state index contributed by atoms with van der Waals surface area (Å²) in [5.74, 6) is 0. The van der Waals surface area contributed by atoms with Gasteiger partial charge < -0.3 is 10.6 Å². The molecular formula is C15H16N2S2. The average Bonchev–Trinajstić information content (AvgIpc) is 2.47. The molecule has 0 spiro atoms. The van der Waals surface area contributed by atoms with Crippen LogP contribution in [0.4, 0.5) is 5.69 Å². The van der Waals surface area contributed by atoms with Crippen molar-refractivity contribution in [2.24, 2.45) is 0 Å². The lowest BCUT2D eigenvalue weighted by Crippen LogP contribution is -2.28. The molecule has 0 heterocycles. The molecule has 0 aromatic heterocycles. The van der Waals surface area contributed by atoms with Crippen LogP contribution in [0.15, 0.2) is 59.5 Å². The van der Waals surface area contributed by atoms with Crippen LogP contribution in [0.2, 0.25) is 0 Å². The Balaban J connectivity index is 1.91. The number of hydrogen-bond acceptors (Lipinski definition) is 2. The lowest BCUT2D eigenvalue weighted by Gasteiger charge is -2.13. The molecule has 0 aliphatic heterocycles. The van der Waals surface area contributed by atoms with E-state index in [0.29, 0.717) is 5.11 Å². The lowest BCUT2D eigenvalue weighted by atomic mass is 10.2. The number of thioether (sulfide) groups is 1. The molecule has 2 aromatic rings. The van der Waals surface area contributed by atoms with Crippen molar-refractivity contribution < 1.29 is 0 Å². The van der Waals surface area contributed by atoms with Crippen LogP contribution in [-0.4, -0.2) is 11.4 Å². The zero-order valence-corrected chi connectivity index (χ0v) is 12.4. The van der Waals surface area contributed by atoms with E-state index in [-0.39, 0.29) is 0 Å². The molecule has 2 nitrogen and oxygen atoms in total. The molecule has 98 valence electrons. The third-order valence-electron chi connectivity index (χ3n) is 2.65. The van der Waals surface area contributed by atoms with Crippen LogP contribution < -0.4 is 10.6 Å². The van der Waals surface area contributed by atoms with Gasteiger partial charge in [-0.25, -0.2) is 0 Å². The molecule has 0 atom stereocenters. The highest BCUT2D eigenvalue weighted by molar-refractivity contribution is 7.98. The van der Waals surface area contributed by atoms with E-state index in [1.54, 1.807) is 11.8 Å². The standard InChI is InChI=1S/C15H16N2S2/c1-19-14-10-6-5-9-13(14)17-15(18)16-11-12-7-3-2-4-8-12/h2-10H,11H2,1H3,(H2,16,17,18). The summed E-state index contributed by atoms with van der Waals surface area (Å²) >= 11 is 7.01. The van der Waals surface area contributed by atoms with Crippen molar-refractivity contribution in [1.29, 1.82) is 0 Å². The number of benzene rings is 2. The second-order valence-electron chi connectivity index (χ2n) is 3.99. The van der Waals surface area contributed by atoms with Crippen LogP contribution in [0.3, 0.4) is 0 Å². The van der Waals surface area contributed by atoms with Crippen molar-refractivity contribution in [2.75, 3.05) is 11.6 Å². The monoisotopic (exact) mass is 288 g/mol. The number of hydrogen-bond donors (Lipinski definition) is 2. The summed E-state index contributed by atoms with van der Waals surface area (Å²) in [5.41, 5.74) is 2.25. The number of rotatable bonds is 4. The largest absolute Gasteiger partial charge is 0.358 e. The van der Waals surface area contributed by atoms with Gasteiger partial charge in [0.15, 0.2) is 5.11 Å². The summed E-state index contributed by atoms with van der Waals surface area (Å²) in [6, 6.07) is 18.3. The first kappa shape index (κ1) is 13.9. The SMILES string of the molecule is CSc1ccccc1NC(=S)NCc1ccccc1. The fourth-order valence-corrected chi connectivity index (χ4v) is 2.43. The quantitative estimate of drug-likeness (QED) is 0.658. The summed E-state index contributed by atoms with van der Waals surface area (Å²) in [5, 5.41) is 7.08. The van der Waals surface area contributed by atoms with Crippen molar-refractivity contribution >= 4 is 34.8 Å². The Bertz CT molecular complexity index is 541. The van der Waals surface area contributed by atoms with Crippen LogP contribution in [0, 0.1) is 0 Å². The number of nitrogens with one attached hydrogen (secondary N) is 2. The van der Waals surface area contributed by atoms with Crippen LogP contribution in [-0.2, 0) is 6.54 Å². The van der Waals surface area contributed by atoms with Crippen LogP contribution in [0.25, 0.3) is 0 Å². The van der Waals surface area contributed by atoms with E-state index in [0.717, 1.165) is 12.2 Å². The van der Waals surface area contributed by atoms with Crippen molar-refractivity contribution in [3.63, 3.8) is 0 Å². The summed E-state index contributed by atoms with van der Waals surface area (Å²) in [7, 11) is 0. The maximum atomic E-state index is 5.31. The fourth-order valence-electron chi connectivity index (χ4n) is 1.69. The molecule has 2 N–H and O–H groups in total.